The Morgan fingerprint density at radius 1 is 1.21 bits per heavy atom. The van der Waals surface area contributed by atoms with Crippen LogP contribution >= 0.6 is 34.5 Å². The van der Waals surface area contributed by atoms with Gasteiger partial charge in [0, 0.05) is 47.8 Å². The third-order valence-electron chi connectivity index (χ3n) is 4.08. The van der Waals surface area contributed by atoms with Crippen molar-refractivity contribution >= 4 is 55.6 Å². The molecule has 1 aromatic carbocycles. The van der Waals surface area contributed by atoms with Gasteiger partial charge in [0.15, 0.2) is 0 Å². The van der Waals surface area contributed by atoms with Crippen LogP contribution in [0.2, 0.25) is 5.02 Å². The first kappa shape index (κ1) is 15.8. The van der Waals surface area contributed by atoms with E-state index in [-0.39, 0.29) is 5.91 Å². The first-order valence-electron chi connectivity index (χ1n) is 7.65. The van der Waals surface area contributed by atoms with Crippen molar-refractivity contribution < 1.29 is 4.79 Å². The number of aryl methyl sites for hydroxylation is 1. The predicted molar refractivity (Wildman–Crippen MR) is 99.6 cm³/mol. The Morgan fingerprint density at radius 3 is 2.62 bits per heavy atom. The SMILES string of the molecule is Cc1nsc(N2CCN(C(=O)c3sc4ccccc4c3Cl)CC2)n1. The van der Waals surface area contributed by atoms with E-state index in [1.54, 1.807) is 0 Å². The molecule has 0 spiro atoms. The number of thiophene rings is 1. The van der Waals surface area contributed by atoms with Crippen LogP contribution in [0.15, 0.2) is 24.3 Å². The number of anilines is 1. The van der Waals surface area contributed by atoms with E-state index in [1.165, 1.54) is 22.9 Å². The smallest absolute Gasteiger partial charge is 0.265 e. The van der Waals surface area contributed by atoms with Gasteiger partial charge < -0.3 is 9.80 Å². The summed E-state index contributed by atoms with van der Waals surface area (Å²) in [5.74, 6) is 0.819. The van der Waals surface area contributed by atoms with Crippen LogP contribution in [-0.2, 0) is 0 Å². The summed E-state index contributed by atoms with van der Waals surface area (Å²) in [6.07, 6.45) is 0. The average molecular weight is 379 g/mol. The van der Waals surface area contributed by atoms with Crippen molar-refractivity contribution in [1.29, 1.82) is 0 Å². The van der Waals surface area contributed by atoms with Gasteiger partial charge in [0.2, 0.25) is 5.13 Å². The highest BCUT2D eigenvalue weighted by Crippen LogP contribution is 2.36. The van der Waals surface area contributed by atoms with Crippen LogP contribution < -0.4 is 4.90 Å². The molecule has 3 heterocycles. The third kappa shape index (κ3) is 2.76. The van der Waals surface area contributed by atoms with E-state index < -0.39 is 0 Å². The van der Waals surface area contributed by atoms with Crippen LogP contribution in [0, 0.1) is 6.92 Å². The Balaban J connectivity index is 1.50. The molecule has 0 bridgehead atoms. The van der Waals surface area contributed by atoms with Gasteiger partial charge in [-0.3, -0.25) is 4.79 Å². The van der Waals surface area contributed by atoms with Crippen molar-refractivity contribution in [1.82, 2.24) is 14.3 Å². The Bertz CT molecular complexity index is 899. The molecule has 5 nitrogen and oxygen atoms in total. The molecule has 0 unspecified atom stereocenters. The second kappa shape index (κ2) is 6.31. The standard InChI is InChI=1S/C16H15ClN4OS2/c1-10-18-16(24-19-10)21-8-6-20(7-9-21)15(22)14-13(17)11-4-2-3-5-12(11)23-14/h2-5H,6-9H2,1H3. The number of rotatable bonds is 2. The Hall–Kier alpha value is -1.70. The van der Waals surface area contributed by atoms with Gasteiger partial charge in [-0.05, 0) is 13.0 Å². The van der Waals surface area contributed by atoms with Crippen LogP contribution in [0.1, 0.15) is 15.5 Å². The molecule has 0 saturated carbocycles. The molecule has 124 valence electrons. The van der Waals surface area contributed by atoms with E-state index in [2.05, 4.69) is 14.3 Å². The maximum absolute atomic E-state index is 12.8. The number of carbonyl (C=O) groups is 1. The summed E-state index contributed by atoms with van der Waals surface area (Å²) in [4.78, 5) is 22.0. The van der Waals surface area contributed by atoms with Crippen LogP contribution in [0.4, 0.5) is 5.13 Å². The number of hydrogen-bond donors (Lipinski definition) is 0. The van der Waals surface area contributed by atoms with E-state index in [1.807, 2.05) is 36.1 Å². The molecule has 3 aromatic rings. The van der Waals surface area contributed by atoms with E-state index in [4.69, 9.17) is 11.6 Å². The van der Waals surface area contributed by atoms with Gasteiger partial charge >= 0.3 is 0 Å². The predicted octanol–water partition coefficient (Wildman–Crippen LogP) is 3.68. The monoisotopic (exact) mass is 378 g/mol. The molecule has 0 radical (unpaired) electrons. The first-order chi connectivity index (χ1) is 11.6. The molecular formula is C16H15ClN4OS2. The zero-order chi connectivity index (χ0) is 16.7. The highest BCUT2D eigenvalue weighted by atomic mass is 35.5. The number of fused-ring (bicyclic) bond motifs is 1. The second-order valence-corrected chi connectivity index (χ2v) is 7.81. The van der Waals surface area contributed by atoms with Crippen molar-refractivity contribution in [2.45, 2.75) is 6.92 Å². The van der Waals surface area contributed by atoms with Crippen molar-refractivity contribution in [2.24, 2.45) is 0 Å². The minimum atomic E-state index is 0.0225. The number of carbonyl (C=O) groups excluding carboxylic acids is 1. The maximum atomic E-state index is 12.8. The fourth-order valence-corrected chi connectivity index (χ4v) is 5.02. The summed E-state index contributed by atoms with van der Waals surface area (Å²) in [5, 5.41) is 2.46. The van der Waals surface area contributed by atoms with Crippen molar-refractivity contribution in [3.8, 4) is 0 Å². The lowest BCUT2D eigenvalue weighted by Crippen LogP contribution is -2.48. The molecule has 24 heavy (non-hydrogen) atoms. The van der Waals surface area contributed by atoms with Crippen LogP contribution in [0.3, 0.4) is 0 Å². The minimum absolute atomic E-state index is 0.0225. The third-order valence-corrected chi connectivity index (χ3v) is 6.62. The number of amides is 1. The fraction of sp³-hybridized carbons (Fsp3) is 0.312. The first-order valence-corrected chi connectivity index (χ1v) is 9.62. The number of benzene rings is 1. The van der Waals surface area contributed by atoms with Gasteiger partial charge in [-0.15, -0.1) is 11.3 Å². The molecule has 0 atom stereocenters. The lowest BCUT2D eigenvalue weighted by molar-refractivity contribution is 0.0752. The molecular weight excluding hydrogens is 364 g/mol. The Morgan fingerprint density at radius 2 is 1.96 bits per heavy atom. The summed E-state index contributed by atoms with van der Waals surface area (Å²) < 4.78 is 5.27. The number of nitrogens with zero attached hydrogens (tertiary/aromatic N) is 4. The van der Waals surface area contributed by atoms with Crippen LogP contribution in [0.25, 0.3) is 10.1 Å². The number of halogens is 1. The zero-order valence-electron chi connectivity index (χ0n) is 13.0. The molecule has 1 saturated heterocycles. The van der Waals surface area contributed by atoms with Gasteiger partial charge in [-0.25, -0.2) is 4.98 Å². The Kier molecular flexibility index (Phi) is 4.15. The summed E-state index contributed by atoms with van der Waals surface area (Å²) in [5.41, 5.74) is 0. The normalized spacial score (nSPS) is 15.2. The van der Waals surface area contributed by atoms with Gasteiger partial charge in [0.05, 0.1) is 5.02 Å². The Labute approximate surface area is 152 Å². The van der Waals surface area contributed by atoms with Gasteiger partial charge in [0.1, 0.15) is 10.7 Å². The second-order valence-electron chi connectivity index (χ2n) is 5.64. The molecule has 1 fully saturated rings. The van der Waals surface area contributed by atoms with Gasteiger partial charge in [0.25, 0.3) is 5.91 Å². The van der Waals surface area contributed by atoms with Gasteiger partial charge in [-0.2, -0.15) is 4.37 Å². The summed E-state index contributed by atoms with van der Waals surface area (Å²) in [7, 11) is 0. The quantitative estimate of drug-likeness (QED) is 0.682. The van der Waals surface area contributed by atoms with Gasteiger partial charge in [-0.1, -0.05) is 29.8 Å². The largest absolute Gasteiger partial charge is 0.343 e. The minimum Gasteiger partial charge on any atom is -0.343 e. The zero-order valence-corrected chi connectivity index (χ0v) is 15.4. The van der Waals surface area contributed by atoms with Crippen LogP contribution in [0.5, 0.6) is 0 Å². The maximum Gasteiger partial charge on any atom is 0.265 e. The molecule has 4 rings (SSSR count). The molecule has 2 aromatic heterocycles. The van der Waals surface area contributed by atoms with E-state index >= 15 is 0 Å². The van der Waals surface area contributed by atoms with Crippen molar-refractivity contribution in [2.75, 3.05) is 31.1 Å². The van der Waals surface area contributed by atoms with E-state index in [9.17, 15) is 4.79 Å². The molecule has 1 amide bonds. The van der Waals surface area contributed by atoms with E-state index in [0.29, 0.717) is 23.0 Å². The van der Waals surface area contributed by atoms with Crippen LogP contribution in [-0.4, -0.2) is 46.3 Å². The van der Waals surface area contributed by atoms with Crippen molar-refractivity contribution in [3.05, 3.63) is 40.0 Å². The summed E-state index contributed by atoms with van der Waals surface area (Å²) in [6.45, 7) is 4.76. The average Bonchev–Trinajstić information content (AvgIpc) is 3.19. The molecule has 0 N–H and O–H groups in total. The summed E-state index contributed by atoms with van der Waals surface area (Å²) in [6, 6.07) is 7.86. The van der Waals surface area contributed by atoms with E-state index in [0.717, 1.165) is 34.1 Å². The highest BCUT2D eigenvalue weighted by molar-refractivity contribution is 7.21. The fourth-order valence-electron chi connectivity index (χ4n) is 2.81. The number of piperazine rings is 1. The lowest BCUT2D eigenvalue weighted by atomic mass is 10.2. The van der Waals surface area contributed by atoms with Crippen molar-refractivity contribution in [3.63, 3.8) is 0 Å². The lowest BCUT2D eigenvalue weighted by Gasteiger charge is -2.34. The number of aromatic nitrogens is 2. The number of hydrogen-bond acceptors (Lipinski definition) is 6. The molecule has 0 aliphatic carbocycles. The molecule has 1 aliphatic rings. The topological polar surface area (TPSA) is 49.3 Å². The molecule has 8 heteroatoms. The molecule has 1 aliphatic heterocycles. The highest BCUT2D eigenvalue weighted by Gasteiger charge is 2.27. The summed E-state index contributed by atoms with van der Waals surface area (Å²) >= 11 is 9.31.